The quantitative estimate of drug-likeness (QED) is 0.874. The Hall–Kier alpha value is -1.38. The Kier molecular flexibility index (Phi) is 3.44. The van der Waals surface area contributed by atoms with Gasteiger partial charge in [0.15, 0.2) is 0 Å². The Morgan fingerprint density at radius 2 is 1.76 bits per heavy atom. The predicted octanol–water partition coefficient (Wildman–Crippen LogP) is 3.71. The highest BCUT2D eigenvalue weighted by Crippen LogP contribution is 2.40. The Labute approximate surface area is 126 Å². The fourth-order valence-electron chi connectivity index (χ4n) is 3.52. The van der Waals surface area contributed by atoms with Gasteiger partial charge in [0.05, 0.1) is 0 Å². The molecule has 2 saturated carbocycles. The van der Waals surface area contributed by atoms with Crippen molar-refractivity contribution >= 4 is 10.8 Å². The summed E-state index contributed by atoms with van der Waals surface area (Å²) in [5.41, 5.74) is 7.64. The number of nitrogens with two attached hydrogens (primary N) is 1. The molecule has 0 spiro atoms. The van der Waals surface area contributed by atoms with E-state index in [0.717, 1.165) is 18.5 Å². The van der Waals surface area contributed by atoms with Gasteiger partial charge in [-0.05, 0) is 47.9 Å². The van der Waals surface area contributed by atoms with Gasteiger partial charge in [0.2, 0.25) is 0 Å². The summed E-state index contributed by atoms with van der Waals surface area (Å²) in [6, 6.07) is 16.5. The number of hydrogen-bond acceptors (Lipinski definition) is 2. The molecular weight excluding hydrogens is 256 g/mol. The van der Waals surface area contributed by atoms with Gasteiger partial charge in [-0.25, -0.2) is 0 Å². The highest BCUT2D eigenvalue weighted by atomic mass is 15.2. The molecule has 0 heterocycles. The van der Waals surface area contributed by atoms with Crippen molar-refractivity contribution in [2.75, 3.05) is 13.1 Å². The van der Waals surface area contributed by atoms with Crippen LogP contribution in [0.15, 0.2) is 42.5 Å². The van der Waals surface area contributed by atoms with Gasteiger partial charge in [-0.2, -0.15) is 0 Å². The van der Waals surface area contributed by atoms with Crippen LogP contribution >= 0.6 is 0 Å². The molecule has 2 heteroatoms. The molecule has 0 radical (unpaired) electrons. The van der Waals surface area contributed by atoms with Crippen molar-refractivity contribution in [2.24, 2.45) is 11.7 Å². The monoisotopic (exact) mass is 280 g/mol. The van der Waals surface area contributed by atoms with E-state index in [9.17, 15) is 0 Å². The third-order valence-electron chi connectivity index (χ3n) is 4.99. The number of rotatable bonds is 6. The molecule has 4 rings (SSSR count). The lowest BCUT2D eigenvalue weighted by molar-refractivity contribution is 0.184. The van der Waals surface area contributed by atoms with Gasteiger partial charge < -0.3 is 5.73 Å². The lowest BCUT2D eigenvalue weighted by atomic mass is 9.97. The van der Waals surface area contributed by atoms with Gasteiger partial charge in [0, 0.05) is 25.2 Å². The summed E-state index contributed by atoms with van der Waals surface area (Å²) in [6.45, 7) is 1.97. The minimum Gasteiger partial charge on any atom is -0.329 e. The van der Waals surface area contributed by atoms with Crippen LogP contribution in [-0.4, -0.2) is 24.0 Å². The zero-order valence-corrected chi connectivity index (χ0v) is 12.5. The van der Waals surface area contributed by atoms with E-state index in [1.807, 2.05) is 0 Å². The third kappa shape index (κ3) is 2.70. The second-order valence-corrected chi connectivity index (χ2v) is 6.69. The Morgan fingerprint density at radius 1 is 1.00 bits per heavy atom. The van der Waals surface area contributed by atoms with E-state index in [2.05, 4.69) is 47.4 Å². The predicted molar refractivity (Wildman–Crippen MR) is 88.2 cm³/mol. The number of benzene rings is 2. The van der Waals surface area contributed by atoms with Crippen LogP contribution in [0.2, 0.25) is 0 Å². The van der Waals surface area contributed by atoms with Gasteiger partial charge in [0.25, 0.3) is 0 Å². The van der Waals surface area contributed by atoms with E-state index in [0.29, 0.717) is 6.04 Å². The Balaban J connectivity index is 1.72. The van der Waals surface area contributed by atoms with Gasteiger partial charge >= 0.3 is 0 Å². The molecule has 2 nitrogen and oxygen atoms in total. The molecule has 2 aliphatic carbocycles. The van der Waals surface area contributed by atoms with E-state index in [1.165, 1.54) is 48.6 Å². The van der Waals surface area contributed by atoms with E-state index in [4.69, 9.17) is 5.73 Å². The zero-order chi connectivity index (χ0) is 14.2. The lowest BCUT2D eigenvalue weighted by Crippen LogP contribution is -2.37. The largest absolute Gasteiger partial charge is 0.329 e. The van der Waals surface area contributed by atoms with Crippen LogP contribution in [-0.2, 0) is 0 Å². The molecule has 110 valence electrons. The van der Waals surface area contributed by atoms with Crippen molar-refractivity contribution in [2.45, 2.75) is 37.8 Å². The molecule has 0 saturated heterocycles. The number of fused-ring (bicyclic) bond motifs is 1. The van der Waals surface area contributed by atoms with E-state index < -0.39 is 0 Å². The molecule has 2 aromatic rings. The van der Waals surface area contributed by atoms with E-state index in [1.54, 1.807) is 0 Å². The van der Waals surface area contributed by atoms with E-state index >= 15 is 0 Å². The second-order valence-electron chi connectivity index (χ2n) is 6.69. The highest BCUT2D eigenvalue weighted by Gasteiger charge is 2.37. The average Bonchev–Trinajstić information content (AvgIpc) is 3.39. The molecule has 21 heavy (non-hydrogen) atoms. The SMILES string of the molecule is NCC(c1cccc2ccccc12)N(CC1CC1)C1CC1. The summed E-state index contributed by atoms with van der Waals surface area (Å²) in [7, 11) is 0. The first-order chi connectivity index (χ1) is 10.4. The van der Waals surface area contributed by atoms with Gasteiger partial charge in [0.1, 0.15) is 0 Å². The molecule has 2 N–H and O–H groups in total. The van der Waals surface area contributed by atoms with Crippen LogP contribution in [0.25, 0.3) is 10.8 Å². The molecule has 2 aromatic carbocycles. The maximum absolute atomic E-state index is 6.22. The highest BCUT2D eigenvalue weighted by molar-refractivity contribution is 5.86. The molecule has 0 amide bonds. The molecule has 1 unspecified atom stereocenters. The minimum atomic E-state index is 0.379. The van der Waals surface area contributed by atoms with Crippen molar-refractivity contribution < 1.29 is 0 Å². The number of hydrogen-bond donors (Lipinski definition) is 1. The normalized spacial score (nSPS) is 20.1. The van der Waals surface area contributed by atoms with Gasteiger partial charge in [-0.3, -0.25) is 4.90 Å². The molecule has 0 aliphatic heterocycles. The van der Waals surface area contributed by atoms with Crippen LogP contribution in [0.1, 0.15) is 37.3 Å². The lowest BCUT2D eigenvalue weighted by Gasteiger charge is -2.32. The van der Waals surface area contributed by atoms with Gasteiger partial charge in [-0.15, -0.1) is 0 Å². The van der Waals surface area contributed by atoms with Crippen LogP contribution in [0.3, 0.4) is 0 Å². The van der Waals surface area contributed by atoms with Gasteiger partial charge in [-0.1, -0.05) is 42.5 Å². The maximum Gasteiger partial charge on any atom is 0.0479 e. The summed E-state index contributed by atoms with van der Waals surface area (Å²) in [5, 5.41) is 2.70. The van der Waals surface area contributed by atoms with Crippen molar-refractivity contribution in [3.05, 3.63) is 48.0 Å². The smallest absolute Gasteiger partial charge is 0.0479 e. The average molecular weight is 280 g/mol. The molecule has 1 atom stereocenters. The van der Waals surface area contributed by atoms with Crippen LogP contribution in [0, 0.1) is 5.92 Å². The van der Waals surface area contributed by atoms with Crippen molar-refractivity contribution in [3.63, 3.8) is 0 Å². The Bertz CT molecular complexity index is 623. The summed E-state index contributed by atoms with van der Waals surface area (Å²) in [4.78, 5) is 2.71. The van der Waals surface area contributed by atoms with Crippen LogP contribution in [0.5, 0.6) is 0 Å². The van der Waals surface area contributed by atoms with E-state index in [-0.39, 0.29) is 0 Å². The molecule has 0 aromatic heterocycles. The fraction of sp³-hybridized carbons (Fsp3) is 0.474. The standard InChI is InChI=1S/C19H24N2/c20-12-19(21(16-10-11-16)13-14-8-9-14)18-7-3-5-15-4-1-2-6-17(15)18/h1-7,14,16,19H,8-13,20H2. The third-order valence-corrected chi connectivity index (χ3v) is 4.99. The first-order valence-electron chi connectivity index (χ1n) is 8.30. The zero-order valence-electron chi connectivity index (χ0n) is 12.5. The van der Waals surface area contributed by atoms with Crippen molar-refractivity contribution in [1.29, 1.82) is 0 Å². The Morgan fingerprint density at radius 3 is 2.48 bits per heavy atom. The molecular formula is C19H24N2. The summed E-state index contributed by atoms with van der Waals surface area (Å²) in [6.07, 6.45) is 5.54. The van der Waals surface area contributed by atoms with Crippen LogP contribution in [0.4, 0.5) is 0 Å². The molecule has 2 fully saturated rings. The first-order valence-corrected chi connectivity index (χ1v) is 8.30. The molecule has 2 aliphatic rings. The maximum atomic E-state index is 6.22. The first kappa shape index (κ1) is 13.3. The van der Waals surface area contributed by atoms with Crippen molar-refractivity contribution in [3.8, 4) is 0 Å². The topological polar surface area (TPSA) is 29.3 Å². The fourth-order valence-corrected chi connectivity index (χ4v) is 3.52. The number of nitrogens with zero attached hydrogens (tertiary/aromatic N) is 1. The molecule has 0 bridgehead atoms. The summed E-state index contributed by atoms with van der Waals surface area (Å²) in [5.74, 6) is 0.926. The summed E-state index contributed by atoms with van der Waals surface area (Å²) >= 11 is 0. The summed E-state index contributed by atoms with van der Waals surface area (Å²) < 4.78 is 0. The van der Waals surface area contributed by atoms with Crippen LogP contribution < -0.4 is 5.73 Å². The minimum absolute atomic E-state index is 0.379. The second kappa shape index (κ2) is 5.43. The van der Waals surface area contributed by atoms with Crippen molar-refractivity contribution in [1.82, 2.24) is 4.90 Å².